The van der Waals surface area contributed by atoms with Gasteiger partial charge in [-0.05, 0) is 160 Å². The second-order valence-electron chi connectivity index (χ2n) is 9.38. The minimum absolute atomic E-state index is 0.0334. The zero-order valence-electron chi connectivity index (χ0n) is 27.4. The third-order valence-corrected chi connectivity index (χ3v) is 9.00. The number of nitrogens with two attached hydrogens (primary N) is 1. The average Bonchev–Trinajstić information content (AvgIpc) is 3.04. The predicted molar refractivity (Wildman–Crippen MR) is 262 cm³/mol. The number of halogens is 7. The number of benzene rings is 4. The van der Waals surface area contributed by atoms with Gasteiger partial charge in [-0.1, -0.05) is 0 Å². The zero-order valence-corrected chi connectivity index (χ0v) is 42.5. The summed E-state index contributed by atoms with van der Waals surface area (Å²) in [6.07, 6.45) is 0. The molecule has 0 atom stereocenters. The van der Waals surface area contributed by atoms with Crippen molar-refractivity contribution in [1.82, 2.24) is 0 Å². The predicted octanol–water partition coefficient (Wildman–Crippen LogP) is 11.6. The third kappa shape index (κ3) is 17.0. The van der Waals surface area contributed by atoms with Crippen LogP contribution in [-0.2, 0) is 0 Å². The van der Waals surface area contributed by atoms with Crippen molar-refractivity contribution in [2.24, 2.45) is 0 Å². The monoisotopic (exact) mass is 1490 g/mol. The molecule has 0 saturated heterocycles. The Morgan fingerprint density at radius 2 is 1.12 bits per heavy atom. The van der Waals surface area contributed by atoms with Gasteiger partial charge in [0.2, 0.25) is 0 Å². The van der Waals surface area contributed by atoms with Gasteiger partial charge >= 0.3 is 60.3 Å². The second kappa shape index (κ2) is 25.0. The molecule has 2 radical (unpaired) electrons. The van der Waals surface area contributed by atoms with E-state index < -0.39 is 16.6 Å². The average molecular weight is 1490 g/mol. The van der Waals surface area contributed by atoms with E-state index in [4.69, 9.17) is 35.5 Å². The molecule has 0 amide bonds. The summed E-state index contributed by atoms with van der Waals surface area (Å²) >= 11 is 12.2. The molecule has 0 bridgehead atoms. The van der Waals surface area contributed by atoms with Gasteiger partial charge in [-0.25, -0.2) is 0 Å². The van der Waals surface area contributed by atoms with E-state index in [1.807, 2.05) is 12.1 Å². The van der Waals surface area contributed by atoms with Crippen molar-refractivity contribution in [2.45, 2.75) is 20.8 Å². The van der Waals surface area contributed by atoms with Gasteiger partial charge < -0.3 is 29.8 Å². The molecule has 0 aromatic heterocycles. The van der Waals surface area contributed by atoms with Crippen LogP contribution in [0.15, 0.2) is 60.7 Å². The molecule has 3 N–H and O–H groups in total. The van der Waals surface area contributed by atoms with Crippen molar-refractivity contribution in [3.8, 4) is 34.5 Å². The summed E-state index contributed by atoms with van der Waals surface area (Å²) in [5.41, 5.74) is 12.7. The molecule has 0 saturated carbocycles. The summed E-state index contributed by atoms with van der Waals surface area (Å²) in [6.45, 7) is 4.97. The van der Waals surface area contributed by atoms with Crippen LogP contribution in [0.3, 0.4) is 0 Å². The van der Waals surface area contributed by atoms with E-state index in [1.54, 1.807) is 57.4 Å². The molecule has 4 aromatic rings. The van der Waals surface area contributed by atoms with E-state index in [0.717, 1.165) is 14.3 Å². The van der Waals surface area contributed by atoms with Gasteiger partial charge in [0.05, 0.1) is 45.2 Å². The van der Waals surface area contributed by atoms with Crippen LogP contribution >= 0.6 is 139 Å². The number of nitrogen functional groups attached to an aromatic ring is 1. The van der Waals surface area contributed by atoms with Gasteiger partial charge in [0.1, 0.15) is 17.2 Å². The maximum atomic E-state index is 11.5. The van der Waals surface area contributed by atoms with E-state index >= 15 is 0 Å². The number of carbonyl (C=O) groups excluding carboxylic acids is 2. The number of anilines is 1. The molecule has 0 aliphatic rings. The zero-order chi connectivity index (χ0) is 39.0. The van der Waals surface area contributed by atoms with E-state index in [9.17, 15) is 19.7 Å². The number of ketones is 2. The summed E-state index contributed by atoms with van der Waals surface area (Å²) in [5.74, 6) is 2.99. The number of Topliss-reactive ketones (excluding diaryl/α,β-unsaturated/α-hetero) is 2. The number of aliphatic hydroxyl groups excluding tert-OH is 1. The van der Waals surface area contributed by atoms with Gasteiger partial charge in [0.15, 0.2) is 28.8 Å². The number of aliphatic hydroxyl groups is 1. The van der Waals surface area contributed by atoms with Gasteiger partial charge in [0, 0.05) is 23.8 Å². The molecule has 19 heteroatoms. The Morgan fingerprint density at radius 1 is 0.784 bits per heavy atom. The molecule has 0 aliphatic heterocycles. The first-order chi connectivity index (χ1) is 23.9. The maximum absolute atomic E-state index is 11.5. The van der Waals surface area contributed by atoms with Crippen molar-refractivity contribution < 1.29 is 38.6 Å². The Hall–Kier alpha value is -0.245. The fourth-order valence-electron chi connectivity index (χ4n) is 3.61. The topological polar surface area (TPSA) is 160 Å². The number of ether oxygens (including phenoxy) is 4. The van der Waals surface area contributed by atoms with Crippen LogP contribution in [0.4, 0.5) is 11.4 Å². The van der Waals surface area contributed by atoms with E-state index in [-0.39, 0.29) is 29.6 Å². The molecule has 51 heavy (non-hydrogen) atoms. The number of methoxy groups -OCH3 is 2. The number of nitro groups is 1. The van der Waals surface area contributed by atoms with Crippen molar-refractivity contribution >= 4 is 168 Å². The first kappa shape index (κ1) is 48.8. The van der Waals surface area contributed by atoms with Crippen LogP contribution in [0.5, 0.6) is 34.5 Å². The minimum atomic E-state index is -0.823. The Kier molecular flexibility index (Phi) is 23.9. The first-order valence-electron chi connectivity index (χ1n) is 13.9. The van der Waals surface area contributed by atoms with Gasteiger partial charge in [-0.3, -0.25) is 19.7 Å². The number of hydrogen-bond donors (Lipinski definition) is 2. The molecule has 274 valence electrons. The number of hydrogen-bond acceptors (Lipinski definition) is 10. The summed E-state index contributed by atoms with van der Waals surface area (Å²) < 4.78 is 25.0. The van der Waals surface area contributed by atoms with Crippen molar-refractivity contribution in [3.63, 3.8) is 0 Å². The summed E-state index contributed by atoms with van der Waals surface area (Å²) in [4.78, 5) is 33.5. The molecule has 4 rings (SSSR count). The van der Waals surface area contributed by atoms with Crippen LogP contribution in [0, 0.1) is 24.4 Å². The van der Waals surface area contributed by atoms with Crippen molar-refractivity contribution in [3.05, 3.63) is 96.2 Å². The van der Waals surface area contributed by atoms with Gasteiger partial charge in [-0.15, -0.1) is 0 Å². The first-order valence-corrected chi connectivity index (χ1v) is 32.0. The Morgan fingerprint density at radius 3 is 1.41 bits per heavy atom. The van der Waals surface area contributed by atoms with E-state index in [2.05, 4.69) is 128 Å². The van der Waals surface area contributed by atoms with Crippen LogP contribution in [0.2, 0.25) is 0 Å². The number of rotatable bonds is 9. The van der Waals surface area contributed by atoms with Crippen molar-refractivity contribution in [2.75, 3.05) is 26.6 Å². The standard InChI is InChI=1S/C15H11I2NO5.C15H13I2NO3.C2H6O.BI3/c1-8(19)9-5-11(16)15(12(17)6-9)23-10-3-4-14(22-2)13(7-10)18(20)21;1-8(19)9-5-11(16)15(12(17)6-9)21-10-3-4-14(20-2)13(18)7-10;1-2-3;1-4(2)3/h3-7H,1-2H3;3-7H,18H2,1-2H3;3H,2H2,1H3;. The van der Waals surface area contributed by atoms with E-state index in [1.165, 1.54) is 26.2 Å². The van der Waals surface area contributed by atoms with E-state index in [0.29, 0.717) is 45.6 Å². The Bertz CT molecular complexity index is 1780. The number of nitro benzene ring substituents is 1. The van der Waals surface area contributed by atoms with Crippen LogP contribution in [0.1, 0.15) is 41.5 Å². The molecular formula is C32H30BI7N2O9. The van der Waals surface area contributed by atoms with Gasteiger partial charge in [0.25, 0.3) is 0 Å². The van der Waals surface area contributed by atoms with Crippen molar-refractivity contribution in [1.29, 1.82) is 0 Å². The van der Waals surface area contributed by atoms with Crippen LogP contribution in [-0.4, -0.2) is 48.1 Å². The third-order valence-electron chi connectivity index (χ3n) is 5.80. The Balaban J connectivity index is 0.000000432. The Labute approximate surface area is 378 Å². The molecule has 0 spiro atoms. The molecule has 4 aromatic carbocycles. The summed E-state index contributed by atoms with van der Waals surface area (Å²) in [5, 5.41) is 18.6. The van der Waals surface area contributed by atoms with Crippen LogP contribution in [0.25, 0.3) is 0 Å². The quantitative estimate of drug-likeness (QED) is 0.0412. The molecule has 11 nitrogen and oxygen atoms in total. The molecular weight excluding hydrogens is 1460 g/mol. The number of carbonyl (C=O) groups is 2. The van der Waals surface area contributed by atoms with Gasteiger partial charge in [-0.2, -0.15) is 0 Å². The fraction of sp³-hybridized carbons (Fsp3) is 0.188. The molecule has 0 fully saturated rings. The SMILES string of the molecule is CCO.COc1ccc(Oc2c(I)cc(C(C)=O)cc2I)cc1N.COc1ccc(Oc2c(I)cc(C(C)=O)cc2I)cc1[N+](=O)[O-].[B]I(I)I. The second-order valence-corrected chi connectivity index (χ2v) is 37.5. The molecule has 0 aliphatic carbocycles. The summed E-state index contributed by atoms with van der Waals surface area (Å²) in [6, 6.07) is 16.7. The normalized spacial score (nSPS) is 10.1. The van der Waals surface area contributed by atoms with Crippen LogP contribution < -0.4 is 24.7 Å². The number of nitrogens with zero attached hydrogens (tertiary/aromatic N) is 1. The summed E-state index contributed by atoms with van der Waals surface area (Å²) in [7, 11) is 2.94. The molecule has 0 unspecified atom stereocenters. The molecule has 0 heterocycles. The fourth-order valence-corrected chi connectivity index (χ4v) is 7.59.